The first-order valence-electron chi connectivity index (χ1n) is 7.60. The lowest BCUT2D eigenvalue weighted by Crippen LogP contribution is -2.34. The van der Waals surface area contributed by atoms with Crippen molar-refractivity contribution >= 4 is 0 Å². The van der Waals surface area contributed by atoms with E-state index in [1.165, 1.54) is 12.1 Å². The van der Waals surface area contributed by atoms with E-state index in [0.29, 0.717) is 5.56 Å². The molecular weight excluding hydrogens is 338 g/mol. The van der Waals surface area contributed by atoms with Crippen LogP contribution in [0.3, 0.4) is 0 Å². The second-order valence-electron chi connectivity index (χ2n) is 5.72. The zero-order valence-corrected chi connectivity index (χ0v) is 13.0. The zero-order valence-electron chi connectivity index (χ0n) is 13.0. The Hall–Kier alpha value is -2.36. The van der Waals surface area contributed by atoms with Crippen LogP contribution in [-0.2, 0) is 16.1 Å². The molecule has 7 nitrogen and oxygen atoms in total. The van der Waals surface area contributed by atoms with E-state index in [1.54, 1.807) is 12.1 Å². The molecule has 3 atom stereocenters. The van der Waals surface area contributed by atoms with Crippen LogP contribution in [0.15, 0.2) is 40.1 Å². The number of aliphatic hydroxyl groups excluding tert-OH is 1. The van der Waals surface area contributed by atoms with Crippen molar-refractivity contribution in [3.05, 3.63) is 68.5 Å². The fraction of sp³-hybridized carbons (Fsp3) is 0.375. The van der Waals surface area contributed by atoms with Gasteiger partial charge >= 0.3 is 5.69 Å². The highest BCUT2D eigenvalue weighted by molar-refractivity contribution is 5.15. The minimum atomic E-state index is -1.12. The van der Waals surface area contributed by atoms with Gasteiger partial charge in [-0.05, 0) is 17.7 Å². The molecule has 2 heterocycles. The number of nitrogens with one attached hydrogen (secondary N) is 1. The lowest BCUT2D eigenvalue weighted by atomic mass is 10.2. The van der Waals surface area contributed by atoms with Crippen molar-refractivity contribution in [1.29, 1.82) is 0 Å². The van der Waals surface area contributed by atoms with Gasteiger partial charge in [0.25, 0.3) is 5.56 Å². The number of benzene rings is 1. The van der Waals surface area contributed by atoms with E-state index in [2.05, 4.69) is 0 Å². The molecule has 2 aromatic rings. The average Bonchev–Trinajstić information content (AvgIpc) is 2.92. The number of aliphatic hydroxyl groups is 1. The molecule has 1 saturated heterocycles. The van der Waals surface area contributed by atoms with Crippen molar-refractivity contribution in [2.45, 2.75) is 31.5 Å². The van der Waals surface area contributed by atoms with Gasteiger partial charge in [-0.15, -0.1) is 0 Å². The molecule has 3 rings (SSSR count). The molecule has 1 aliphatic heterocycles. The number of nitrogens with zero attached hydrogens (tertiary/aromatic N) is 1. The Kier molecular flexibility index (Phi) is 5.07. The summed E-state index contributed by atoms with van der Waals surface area (Å²) in [5.74, 6) is -1.50. The molecule has 1 unspecified atom stereocenters. The maximum atomic E-state index is 13.4. The Morgan fingerprint density at radius 1 is 1.36 bits per heavy atom. The van der Waals surface area contributed by atoms with Crippen LogP contribution >= 0.6 is 0 Å². The molecule has 0 spiro atoms. The van der Waals surface area contributed by atoms with Gasteiger partial charge in [0.05, 0.1) is 25.5 Å². The van der Waals surface area contributed by atoms with Crippen LogP contribution in [0.2, 0.25) is 0 Å². The molecule has 1 aromatic heterocycles. The van der Waals surface area contributed by atoms with Crippen molar-refractivity contribution < 1.29 is 23.4 Å². The summed E-state index contributed by atoms with van der Waals surface area (Å²) in [5.41, 5.74) is -1.32. The van der Waals surface area contributed by atoms with Crippen LogP contribution in [-0.4, -0.2) is 33.5 Å². The standard InChI is InChI=1S/C16H16F2N2O5/c17-10-3-1-2-9(4-10)7-24-8-13-12(21)5-14(25-13)20-6-11(18)15(22)19-16(20)23/h1-4,6,12-14,21H,5,7-8H2,(H,19,22,23)/t12?,13-,14-/m0/s1. The van der Waals surface area contributed by atoms with Gasteiger partial charge in [0.15, 0.2) is 0 Å². The quantitative estimate of drug-likeness (QED) is 0.824. The lowest BCUT2D eigenvalue weighted by Gasteiger charge is -2.16. The number of hydrogen-bond donors (Lipinski definition) is 2. The van der Waals surface area contributed by atoms with Crippen molar-refractivity contribution in [3.63, 3.8) is 0 Å². The van der Waals surface area contributed by atoms with Crippen molar-refractivity contribution in [2.75, 3.05) is 6.61 Å². The normalized spacial score (nSPS) is 23.1. The highest BCUT2D eigenvalue weighted by atomic mass is 19.1. The van der Waals surface area contributed by atoms with E-state index in [0.717, 1.165) is 10.8 Å². The van der Waals surface area contributed by atoms with Gasteiger partial charge in [0.2, 0.25) is 5.82 Å². The molecule has 134 valence electrons. The lowest BCUT2D eigenvalue weighted by molar-refractivity contribution is -0.0669. The van der Waals surface area contributed by atoms with Gasteiger partial charge < -0.3 is 14.6 Å². The van der Waals surface area contributed by atoms with E-state index >= 15 is 0 Å². The SMILES string of the molecule is O=c1[nH]c(=O)n([C@@H]2CC(O)[C@H](COCc3cccc(F)c3)O2)cc1F. The predicted molar refractivity (Wildman–Crippen MR) is 81.9 cm³/mol. The van der Waals surface area contributed by atoms with Crippen LogP contribution in [0.1, 0.15) is 18.2 Å². The molecular formula is C16H16F2N2O5. The number of rotatable bonds is 5. The van der Waals surface area contributed by atoms with Gasteiger partial charge in [-0.1, -0.05) is 12.1 Å². The van der Waals surface area contributed by atoms with E-state index in [4.69, 9.17) is 9.47 Å². The number of ether oxygens (including phenoxy) is 2. The molecule has 0 saturated carbocycles. The number of aromatic nitrogens is 2. The Morgan fingerprint density at radius 3 is 2.92 bits per heavy atom. The molecule has 0 radical (unpaired) electrons. The molecule has 0 amide bonds. The number of H-pyrrole nitrogens is 1. The Labute approximate surface area is 140 Å². The third-order valence-corrected chi connectivity index (χ3v) is 3.88. The molecule has 1 aliphatic rings. The van der Waals surface area contributed by atoms with E-state index in [9.17, 15) is 23.5 Å². The highest BCUT2D eigenvalue weighted by Gasteiger charge is 2.35. The van der Waals surface area contributed by atoms with Crippen molar-refractivity contribution in [1.82, 2.24) is 9.55 Å². The second kappa shape index (κ2) is 7.26. The Bertz CT molecular complexity index is 866. The average molecular weight is 354 g/mol. The summed E-state index contributed by atoms with van der Waals surface area (Å²) in [4.78, 5) is 24.6. The largest absolute Gasteiger partial charge is 0.390 e. The first-order chi connectivity index (χ1) is 11.9. The Morgan fingerprint density at radius 2 is 2.16 bits per heavy atom. The van der Waals surface area contributed by atoms with Gasteiger partial charge in [-0.25, -0.2) is 9.18 Å². The summed E-state index contributed by atoms with van der Waals surface area (Å²) >= 11 is 0. The topological polar surface area (TPSA) is 93.6 Å². The summed E-state index contributed by atoms with van der Waals surface area (Å²) in [7, 11) is 0. The first-order valence-corrected chi connectivity index (χ1v) is 7.60. The maximum absolute atomic E-state index is 13.4. The monoisotopic (exact) mass is 354 g/mol. The summed E-state index contributed by atoms with van der Waals surface area (Å²) < 4.78 is 38.3. The molecule has 25 heavy (non-hydrogen) atoms. The first kappa shape index (κ1) is 17.5. The van der Waals surface area contributed by atoms with Crippen LogP contribution in [0.4, 0.5) is 8.78 Å². The van der Waals surface area contributed by atoms with Gasteiger partial charge in [-0.3, -0.25) is 14.3 Å². The predicted octanol–water partition coefficient (Wildman–Crippen LogP) is 0.680. The van der Waals surface area contributed by atoms with E-state index < -0.39 is 35.5 Å². The second-order valence-corrected chi connectivity index (χ2v) is 5.72. The summed E-state index contributed by atoms with van der Waals surface area (Å²) in [6.07, 6.45) is -1.80. The van der Waals surface area contributed by atoms with Crippen molar-refractivity contribution in [3.8, 4) is 0 Å². The van der Waals surface area contributed by atoms with Crippen LogP contribution < -0.4 is 11.2 Å². The molecule has 0 aliphatic carbocycles. The zero-order chi connectivity index (χ0) is 18.0. The highest BCUT2D eigenvalue weighted by Crippen LogP contribution is 2.27. The fourth-order valence-corrected chi connectivity index (χ4v) is 2.63. The summed E-state index contributed by atoms with van der Waals surface area (Å²) in [6.45, 7) is 0.136. The van der Waals surface area contributed by atoms with Crippen LogP contribution in [0, 0.1) is 11.6 Å². The maximum Gasteiger partial charge on any atom is 0.330 e. The van der Waals surface area contributed by atoms with Crippen LogP contribution in [0.5, 0.6) is 0 Å². The number of halogens is 2. The molecule has 0 bridgehead atoms. The molecule has 2 N–H and O–H groups in total. The van der Waals surface area contributed by atoms with E-state index in [1.807, 2.05) is 4.98 Å². The third kappa shape index (κ3) is 4.01. The molecule has 1 fully saturated rings. The van der Waals surface area contributed by atoms with Gasteiger partial charge in [0.1, 0.15) is 18.1 Å². The Balaban J connectivity index is 1.61. The summed E-state index contributed by atoms with van der Waals surface area (Å²) in [5, 5.41) is 10.0. The third-order valence-electron chi connectivity index (χ3n) is 3.88. The van der Waals surface area contributed by atoms with Crippen LogP contribution in [0.25, 0.3) is 0 Å². The number of aromatic amines is 1. The minimum Gasteiger partial charge on any atom is -0.390 e. The smallest absolute Gasteiger partial charge is 0.330 e. The van der Waals surface area contributed by atoms with E-state index in [-0.39, 0.29) is 25.5 Å². The summed E-state index contributed by atoms with van der Waals surface area (Å²) in [6, 6.07) is 5.90. The van der Waals surface area contributed by atoms with Crippen molar-refractivity contribution in [2.24, 2.45) is 0 Å². The molecule has 1 aromatic carbocycles. The van der Waals surface area contributed by atoms with Gasteiger partial charge in [-0.2, -0.15) is 4.39 Å². The van der Waals surface area contributed by atoms with Gasteiger partial charge in [0, 0.05) is 6.42 Å². The number of hydrogen-bond acceptors (Lipinski definition) is 5. The minimum absolute atomic E-state index is 0.00870. The fourth-order valence-electron chi connectivity index (χ4n) is 2.63. The molecule has 9 heteroatoms.